The molecular formula is C14H18N2O5S. The van der Waals surface area contributed by atoms with E-state index in [1.165, 1.54) is 21.0 Å². The van der Waals surface area contributed by atoms with Crippen LogP contribution in [0.3, 0.4) is 0 Å². The molecule has 3 rings (SSSR count). The number of ether oxygens (including phenoxy) is 1. The van der Waals surface area contributed by atoms with Crippen LogP contribution in [0.1, 0.15) is 12.8 Å². The zero-order valence-corrected chi connectivity index (χ0v) is 13.3. The van der Waals surface area contributed by atoms with Gasteiger partial charge in [0, 0.05) is 32.8 Å². The Balaban J connectivity index is 2.03. The van der Waals surface area contributed by atoms with E-state index in [0.717, 1.165) is 12.8 Å². The van der Waals surface area contributed by atoms with Crippen LogP contribution in [0.25, 0.3) is 11.1 Å². The largest absolute Gasteiger partial charge is 0.419 e. The van der Waals surface area contributed by atoms with Gasteiger partial charge in [-0.25, -0.2) is 13.2 Å². The van der Waals surface area contributed by atoms with Crippen molar-refractivity contribution in [1.29, 1.82) is 0 Å². The van der Waals surface area contributed by atoms with Crippen molar-refractivity contribution in [2.24, 2.45) is 7.05 Å². The topological polar surface area (TPSA) is 81.8 Å². The third-order valence-electron chi connectivity index (χ3n) is 4.05. The van der Waals surface area contributed by atoms with Gasteiger partial charge >= 0.3 is 5.76 Å². The molecule has 0 N–H and O–H groups in total. The molecule has 22 heavy (non-hydrogen) atoms. The van der Waals surface area contributed by atoms with Crippen molar-refractivity contribution >= 4 is 21.1 Å². The lowest BCUT2D eigenvalue weighted by atomic mass is 10.2. The van der Waals surface area contributed by atoms with Gasteiger partial charge < -0.3 is 9.15 Å². The van der Waals surface area contributed by atoms with Gasteiger partial charge in [-0.1, -0.05) is 0 Å². The van der Waals surface area contributed by atoms with E-state index >= 15 is 0 Å². The third kappa shape index (κ3) is 2.37. The number of hydrogen-bond donors (Lipinski definition) is 0. The van der Waals surface area contributed by atoms with Gasteiger partial charge in [-0.3, -0.25) is 4.57 Å². The Morgan fingerprint density at radius 1 is 1.41 bits per heavy atom. The Morgan fingerprint density at radius 2 is 2.18 bits per heavy atom. The van der Waals surface area contributed by atoms with Crippen LogP contribution in [0, 0.1) is 0 Å². The molecule has 0 bridgehead atoms. The van der Waals surface area contributed by atoms with Crippen LogP contribution in [0.15, 0.2) is 32.3 Å². The molecule has 120 valence electrons. The van der Waals surface area contributed by atoms with Crippen molar-refractivity contribution in [2.75, 3.05) is 20.3 Å². The lowest BCUT2D eigenvalue weighted by molar-refractivity contribution is 0.149. The van der Waals surface area contributed by atoms with Crippen molar-refractivity contribution in [2.45, 2.75) is 23.8 Å². The van der Waals surface area contributed by atoms with E-state index in [9.17, 15) is 13.2 Å². The van der Waals surface area contributed by atoms with Crippen LogP contribution in [0.5, 0.6) is 0 Å². The Bertz CT molecular complexity index is 852. The maximum atomic E-state index is 12.8. The lowest BCUT2D eigenvalue weighted by Gasteiger charge is -2.23. The number of benzene rings is 1. The first-order chi connectivity index (χ1) is 10.4. The summed E-state index contributed by atoms with van der Waals surface area (Å²) in [6.07, 6.45) is 1.60. The van der Waals surface area contributed by atoms with Crippen LogP contribution in [-0.2, 0) is 21.8 Å². The number of oxazole rings is 1. The maximum absolute atomic E-state index is 12.8. The van der Waals surface area contributed by atoms with Crippen LogP contribution >= 0.6 is 0 Å². The highest BCUT2D eigenvalue weighted by Crippen LogP contribution is 2.27. The summed E-state index contributed by atoms with van der Waals surface area (Å²) < 4.78 is 38.6. The second kappa shape index (κ2) is 5.53. The molecule has 1 aromatic carbocycles. The fraction of sp³-hybridized carbons (Fsp3) is 0.500. The molecule has 1 fully saturated rings. The summed E-state index contributed by atoms with van der Waals surface area (Å²) in [5.41, 5.74) is 0.842. The smallest absolute Gasteiger partial charge is 0.408 e. The summed E-state index contributed by atoms with van der Waals surface area (Å²) in [7, 11) is -0.479. The number of nitrogens with zero attached hydrogens (tertiary/aromatic N) is 2. The second-order valence-corrected chi connectivity index (χ2v) is 7.31. The molecule has 1 saturated heterocycles. The summed E-state index contributed by atoms with van der Waals surface area (Å²) in [6.45, 7) is 0.856. The number of aromatic nitrogens is 1. The van der Waals surface area contributed by atoms with E-state index in [4.69, 9.17) is 9.15 Å². The van der Waals surface area contributed by atoms with Gasteiger partial charge in [0.15, 0.2) is 5.58 Å². The molecule has 1 aliphatic rings. The van der Waals surface area contributed by atoms with Crippen molar-refractivity contribution in [1.82, 2.24) is 8.87 Å². The number of hydrogen-bond acceptors (Lipinski definition) is 5. The van der Waals surface area contributed by atoms with Crippen LogP contribution < -0.4 is 5.76 Å². The van der Waals surface area contributed by atoms with E-state index in [-0.39, 0.29) is 16.5 Å². The maximum Gasteiger partial charge on any atom is 0.419 e. The lowest BCUT2D eigenvalue weighted by Crippen LogP contribution is -2.38. The van der Waals surface area contributed by atoms with E-state index in [2.05, 4.69) is 0 Å². The van der Waals surface area contributed by atoms with Gasteiger partial charge in [0.2, 0.25) is 10.0 Å². The molecule has 0 aliphatic carbocycles. The van der Waals surface area contributed by atoms with Gasteiger partial charge in [0.05, 0.1) is 17.0 Å². The van der Waals surface area contributed by atoms with Crippen molar-refractivity contribution in [3.05, 3.63) is 28.7 Å². The van der Waals surface area contributed by atoms with Gasteiger partial charge in [0.1, 0.15) is 0 Å². The van der Waals surface area contributed by atoms with Crippen molar-refractivity contribution < 1.29 is 17.6 Å². The zero-order valence-electron chi connectivity index (χ0n) is 12.5. The summed E-state index contributed by atoms with van der Waals surface area (Å²) in [4.78, 5) is 11.6. The van der Waals surface area contributed by atoms with Crippen LogP contribution in [0.2, 0.25) is 0 Å². The SMILES string of the molecule is COCC1CCCN1S(=O)(=O)c1ccc2c(c1)oc(=O)n2C. The van der Waals surface area contributed by atoms with Gasteiger partial charge in [-0.2, -0.15) is 4.31 Å². The molecule has 2 aromatic rings. The predicted octanol–water partition coefficient (Wildman–Crippen LogP) is 0.931. The summed E-state index contributed by atoms with van der Waals surface area (Å²) in [6, 6.07) is 4.37. The van der Waals surface area contributed by atoms with Crippen LogP contribution in [0.4, 0.5) is 0 Å². The summed E-state index contributed by atoms with van der Waals surface area (Å²) in [5.74, 6) is -0.511. The predicted molar refractivity (Wildman–Crippen MR) is 80.2 cm³/mol. The molecule has 0 saturated carbocycles. The van der Waals surface area contributed by atoms with Crippen LogP contribution in [-0.4, -0.2) is 43.6 Å². The minimum Gasteiger partial charge on any atom is -0.408 e. The Morgan fingerprint density at radius 3 is 2.91 bits per heavy atom. The minimum atomic E-state index is -3.62. The molecule has 1 aliphatic heterocycles. The monoisotopic (exact) mass is 326 g/mol. The number of fused-ring (bicyclic) bond motifs is 1. The van der Waals surface area contributed by atoms with Crippen molar-refractivity contribution in [3.63, 3.8) is 0 Å². The molecule has 0 spiro atoms. The Labute approximate surface area is 128 Å². The highest BCUT2D eigenvalue weighted by Gasteiger charge is 2.35. The number of rotatable bonds is 4. The van der Waals surface area contributed by atoms with Gasteiger partial charge in [0.25, 0.3) is 0 Å². The standard InChI is InChI=1S/C14H18N2O5S/c1-15-12-6-5-11(8-13(12)21-14(15)17)22(18,19)16-7-3-4-10(16)9-20-2/h5-6,8,10H,3-4,7,9H2,1-2H3. The molecule has 1 atom stereocenters. The highest BCUT2D eigenvalue weighted by atomic mass is 32.2. The molecule has 0 radical (unpaired) electrons. The number of methoxy groups -OCH3 is 1. The average molecular weight is 326 g/mol. The van der Waals surface area contributed by atoms with Gasteiger partial charge in [-0.15, -0.1) is 0 Å². The summed E-state index contributed by atoms with van der Waals surface area (Å²) in [5, 5.41) is 0. The first kappa shape index (κ1) is 15.3. The third-order valence-corrected chi connectivity index (χ3v) is 6.00. The Kier molecular flexibility index (Phi) is 3.84. The molecule has 2 heterocycles. The molecule has 0 amide bonds. The van der Waals surface area contributed by atoms with Gasteiger partial charge in [-0.05, 0) is 25.0 Å². The Hall–Kier alpha value is -1.64. The molecule has 1 aromatic heterocycles. The normalized spacial score (nSPS) is 20.0. The quantitative estimate of drug-likeness (QED) is 0.835. The number of aryl methyl sites for hydroxylation is 1. The van der Waals surface area contributed by atoms with E-state index in [1.807, 2.05) is 0 Å². The summed E-state index contributed by atoms with van der Waals surface area (Å²) >= 11 is 0. The molecule has 1 unspecified atom stereocenters. The first-order valence-corrected chi connectivity index (χ1v) is 8.49. The molecule has 7 nitrogen and oxygen atoms in total. The second-order valence-electron chi connectivity index (χ2n) is 5.42. The fourth-order valence-electron chi connectivity index (χ4n) is 2.89. The van der Waals surface area contributed by atoms with Crippen molar-refractivity contribution in [3.8, 4) is 0 Å². The minimum absolute atomic E-state index is 0.136. The molecular weight excluding hydrogens is 308 g/mol. The highest BCUT2D eigenvalue weighted by molar-refractivity contribution is 7.89. The van der Waals surface area contributed by atoms with E-state index in [1.54, 1.807) is 20.2 Å². The average Bonchev–Trinajstić information content (AvgIpc) is 3.05. The first-order valence-electron chi connectivity index (χ1n) is 7.05. The number of sulfonamides is 1. The van der Waals surface area contributed by atoms with E-state index in [0.29, 0.717) is 18.7 Å². The molecule has 8 heteroatoms. The fourth-order valence-corrected chi connectivity index (χ4v) is 4.59. The van der Waals surface area contributed by atoms with E-state index < -0.39 is 15.8 Å². The zero-order chi connectivity index (χ0) is 15.9.